The lowest BCUT2D eigenvalue weighted by molar-refractivity contribution is 0.241. The molecule has 0 spiro atoms. The number of nitrogen functional groups attached to an aromatic ring is 1. The van der Waals surface area contributed by atoms with E-state index in [-0.39, 0.29) is 5.82 Å². The lowest BCUT2D eigenvalue weighted by Gasteiger charge is -2.28. The largest absolute Gasteiger partial charge is 0.383 e. The lowest BCUT2D eigenvalue weighted by Crippen LogP contribution is -2.31. The summed E-state index contributed by atoms with van der Waals surface area (Å²) in [5.74, 6) is 0.386. The molecule has 1 aromatic heterocycles. The van der Waals surface area contributed by atoms with Gasteiger partial charge in [-0.3, -0.25) is 4.90 Å². The maximum Gasteiger partial charge on any atom is 0.130 e. The zero-order valence-electron chi connectivity index (χ0n) is 10.5. The molecule has 0 radical (unpaired) electrons. The van der Waals surface area contributed by atoms with E-state index in [1.807, 2.05) is 6.07 Å². The van der Waals surface area contributed by atoms with Gasteiger partial charge < -0.3 is 5.73 Å². The average Bonchev–Trinajstić information content (AvgIpc) is 2.39. The summed E-state index contributed by atoms with van der Waals surface area (Å²) in [5, 5.41) is 0. The third-order valence-corrected chi connectivity index (χ3v) is 3.41. The summed E-state index contributed by atoms with van der Waals surface area (Å²) in [6.07, 6.45) is 2.34. The van der Waals surface area contributed by atoms with E-state index in [9.17, 15) is 4.39 Å². The summed E-state index contributed by atoms with van der Waals surface area (Å²) < 4.78 is 13.2. The molecule has 0 bridgehead atoms. The molecule has 0 atom stereocenters. The minimum absolute atomic E-state index is 0.193. The van der Waals surface area contributed by atoms with Crippen LogP contribution in [0.5, 0.6) is 0 Å². The molecular formula is C14H15FN4. The van der Waals surface area contributed by atoms with Gasteiger partial charge in [-0.1, -0.05) is 12.1 Å². The summed E-state index contributed by atoms with van der Waals surface area (Å²) >= 11 is 0. The van der Waals surface area contributed by atoms with Crippen molar-refractivity contribution in [1.29, 1.82) is 0 Å². The maximum absolute atomic E-state index is 13.2. The van der Waals surface area contributed by atoms with E-state index in [1.54, 1.807) is 12.1 Å². The molecule has 5 heteroatoms. The number of aromatic nitrogens is 2. The van der Waals surface area contributed by atoms with Crippen LogP contribution in [0.1, 0.15) is 16.8 Å². The molecule has 0 unspecified atom stereocenters. The van der Waals surface area contributed by atoms with E-state index in [0.29, 0.717) is 5.82 Å². The van der Waals surface area contributed by atoms with Gasteiger partial charge in [0, 0.05) is 25.2 Å². The van der Waals surface area contributed by atoms with Crippen LogP contribution >= 0.6 is 0 Å². The first kappa shape index (κ1) is 12.0. The highest BCUT2D eigenvalue weighted by atomic mass is 19.1. The maximum atomic E-state index is 13.2. The van der Waals surface area contributed by atoms with Gasteiger partial charge in [0.05, 0.1) is 5.69 Å². The summed E-state index contributed by atoms with van der Waals surface area (Å²) in [5.41, 5.74) is 8.85. The van der Waals surface area contributed by atoms with E-state index >= 15 is 0 Å². The second-order valence-electron chi connectivity index (χ2n) is 4.77. The Morgan fingerprint density at radius 1 is 1.32 bits per heavy atom. The standard InChI is InChI=1S/C14H15FN4/c15-11-3-1-2-10(6-11)7-19-5-4-12-13(8-19)17-9-18-14(12)16/h1-3,6,9H,4-5,7-8H2,(H2,16,17,18). The molecule has 2 N–H and O–H groups in total. The molecular weight excluding hydrogens is 243 g/mol. The topological polar surface area (TPSA) is 55.0 Å². The highest BCUT2D eigenvalue weighted by Crippen LogP contribution is 2.21. The van der Waals surface area contributed by atoms with Crippen LogP contribution in [0.2, 0.25) is 0 Å². The van der Waals surface area contributed by atoms with Crippen LogP contribution in [0.15, 0.2) is 30.6 Å². The second kappa shape index (κ2) is 4.93. The first-order chi connectivity index (χ1) is 9.22. The van der Waals surface area contributed by atoms with Crippen molar-refractivity contribution >= 4 is 5.82 Å². The normalized spacial score (nSPS) is 15.2. The minimum Gasteiger partial charge on any atom is -0.383 e. The minimum atomic E-state index is -0.193. The first-order valence-electron chi connectivity index (χ1n) is 6.27. The predicted octanol–water partition coefficient (Wildman–Crippen LogP) is 1.76. The van der Waals surface area contributed by atoms with Crippen LogP contribution < -0.4 is 5.73 Å². The molecule has 2 heterocycles. The van der Waals surface area contributed by atoms with Crippen molar-refractivity contribution in [3.05, 3.63) is 53.2 Å². The average molecular weight is 258 g/mol. The fraction of sp³-hybridized carbons (Fsp3) is 0.286. The number of nitrogens with two attached hydrogens (primary N) is 1. The van der Waals surface area contributed by atoms with E-state index in [2.05, 4.69) is 14.9 Å². The molecule has 0 aliphatic carbocycles. The van der Waals surface area contributed by atoms with Crippen molar-refractivity contribution in [1.82, 2.24) is 14.9 Å². The number of hydrogen-bond acceptors (Lipinski definition) is 4. The molecule has 1 aliphatic rings. The van der Waals surface area contributed by atoms with Crippen molar-refractivity contribution in [3.63, 3.8) is 0 Å². The van der Waals surface area contributed by atoms with Gasteiger partial charge in [0.1, 0.15) is 18.0 Å². The Balaban J connectivity index is 1.76. The molecule has 0 amide bonds. The smallest absolute Gasteiger partial charge is 0.130 e. The van der Waals surface area contributed by atoms with Gasteiger partial charge in [-0.05, 0) is 24.1 Å². The van der Waals surface area contributed by atoms with E-state index in [1.165, 1.54) is 12.4 Å². The van der Waals surface area contributed by atoms with Gasteiger partial charge in [-0.15, -0.1) is 0 Å². The van der Waals surface area contributed by atoms with Gasteiger partial charge in [0.2, 0.25) is 0 Å². The van der Waals surface area contributed by atoms with Crippen molar-refractivity contribution in [2.45, 2.75) is 19.5 Å². The fourth-order valence-corrected chi connectivity index (χ4v) is 2.46. The third kappa shape index (κ3) is 2.56. The Hall–Kier alpha value is -2.01. The van der Waals surface area contributed by atoms with Gasteiger partial charge in [-0.2, -0.15) is 0 Å². The summed E-state index contributed by atoms with van der Waals surface area (Å²) in [7, 11) is 0. The monoisotopic (exact) mass is 258 g/mol. The molecule has 0 saturated heterocycles. The van der Waals surface area contributed by atoms with Crippen molar-refractivity contribution in [2.75, 3.05) is 12.3 Å². The highest BCUT2D eigenvalue weighted by molar-refractivity contribution is 5.42. The zero-order chi connectivity index (χ0) is 13.2. The van der Waals surface area contributed by atoms with Gasteiger partial charge >= 0.3 is 0 Å². The number of rotatable bonds is 2. The van der Waals surface area contributed by atoms with E-state index in [4.69, 9.17) is 5.73 Å². The van der Waals surface area contributed by atoms with Crippen LogP contribution in [0, 0.1) is 5.82 Å². The van der Waals surface area contributed by atoms with Crippen molar-refractivity contribution in [2.24, 2.45) is 0 Å². The molecule has 1 aliphatic heterocycles. The van der Waals surface area contributed by atoms with Crippen LogP contribution in [0.4, 0.5) is 10.2 Å². The van der Waals surface area contributed by atoms with E-state index < -0.39 is 0 Å². The summed E-state index contributed by atoms with van der Waals surface area (Å²) in [6.45, 7) is 2.35. The van der Waals surface area contributed by atoms with E-state index in [0.717, 1.165) is 42.9 Å². The third-order valence-electron chi connectivity index (χ3n) is 3.41. The van der Waals surface area contributed by atoms with Gasteiger partial charge in [0.25, 0.3) is 0 Å². The Kier molecular flexibility index (Phi) is 3.13. The van der Waals surface area contributed by atoms with Gasteiger partial charge in [0.15, 0.2) is 0 Å². The molecule has 98 valence electrons. The summed E-state index contributed by atoms with van der Waals surface area (Å²) in [4.78, 5) is 10.5. The molecule has 3 rings (SSSR count). The number of anilines is 1. The number of halogens is 1. The van der Waals surface area contributed by atoms with Crippen molar-refractivity contribution in [3.8, 4) is 0 Å². The quantitative estimate of drug-likeness (QED) is 0.891. The molecule has 1 aromatic carbocycles. The van der Waals surface area contributed by atoms with Crippen LogP contribution in [-0.2, 0) is 19.5 Å². The second-order valence-corrected chi connectivity index (χ2v) is 4.77. The molecule has 0 saturated carbocycles. The number of fused-ring (bicyclic) bond motifs is 1. The highest BCUT2D eigenvalue weighted by Gasteiger charge is 2.19. The van der Waals surface area contributed by atoms with Crippen LogP contribution in [0.3, 0.4) is 0 Å². The Bertz CT molecular complexity index is 600. The Morgan fingerprint density at radius 3 is 3.05 bits per heavy atom. The Labute approximate surface area is 111 Å². The van der Waals surface area contributed by atoms with Gasteiger partial charge in [-0.25, -0.2) is 14.4 Å². The first-order valence-corrected chi connectivity index (χ1v) is 6.27. The number of benzene rings is 1. The summed E-state index contributed by atoms with van der Waals surface area (Å²) in [6, 6.07) is 6.71. The molecule has 0 fully saturated rings. The molecule has 19 heavy (non-hydrogen) atoms. The Morgan fingerprint density at radius 2 is 2.21 bits per heavy atom. The fourth-order valence-electron chi connectivity index (χ4n) is 2.46. The number of hydrogen-bond donors (Lipinski definition) is 1. The predicted molar refractivity (Wildman–Crippen MR) is 70.7 cm³/mol. The molecule has 4 nitrogen and oxygen atoms in total. The molecule has 2 aromatic rings. The number of nitrogens with zero attached hydrogens (tertiary/aromatic N) is 3. The zero-order valence-corrected chi connectivity index (χ0v) is 10.5. The van der Waals surface area contributed by atoms with Crippen molar-refractivity contribution < 1.29 is 4.39 Å². The lowest BCUT2D eigenvalue weighted by atomic mass is 10.0. The van der Waals surface area contributed by atoms with Crippen LogP contribution in [0.25, 0.3) is 0 Å². The SMILES string of the molecule is Nc1ncnc2c1CCN(Cc1cccc(F)c1)C2. The van der Waals surface area contributed by atoms with Crippen LogP contribution in [-0.4, -0.2) is 21.4 Å².